The predicted octanol–water partition coefficient (Wildman–Crippen LogP) is 4.32. The number of fused-ring (bicyclic) bond motifs is 1. The molecule has 2 N–H and O–H groups in total. The van der Waals surface area contributed by atoms with E-state index in [0.717, 1.165) is 4.57 Å². The fraction of sp³-hybridized carbons (Fsp3) is 0.100. The van der Waals surface area contributed by atoms with Crippen LogP contribution in [0.25, 0.3) is 22.4 Å². The molecule has 0 radical (unpaired) electrons. The second kappa shape index (κ2) is 7.53. The molecule has 152 valence electrons. The van der Waals surface area contributed by atoms with E-state index in [9.17, 15) is 14.7 Å². The SMILES string of the molecule is CN(C)C(=O)c1ccc(Nc2cc3c(cn2)cc(-c2cnco2)n3C(=O)O)c(Cl)c1. The Kier molecular flexibility index (Phi) is 4.88. The van der Waals surface area contributed by atoms with Crippen molar-refractivity contribution in [3.63, 3.8) is 0 Å². The molecule has 0 aliphatic rings. The number of amides is 1. The van der Waals surface area contributed by atoms with Gasteiger partial charge in [-0.1, -0.05) is 11.6 Å². The van der Waals surface area contributed by atoms with Gasteiger partial charge in [0.05, 0.1) is 28.1 Å². The molecule has 9 nitrogen and oxygen atoms in total. The number of carboxylic acid groups (broad SMARTS) is 1. The summed E-state index contributed by atoms with van der Waals surface area (Å²) in [6.07, 6.45) is 3.06. The highest BCUT2D eigenvalue weighted by Crippen LogP contribution is 2.31. The van der Waals surface area contributed by atoms with Crippen molar-refractivity contribution < 1.29 is 19.1 Å². The average molecular weight is 426 g/mol. The molecule has 4 aromatic rings. The van der Waals surface area contributed by atoms with Crippen molar-refractivity contribution in [2.45, 2.75) is 0 Å². The number of rotatable bonds is 4. The molecule has 0 atom stereocenters. The summed E-state index contributed by atoms with van der Waals surface area (Å²) in [5.74, 6) is 0.551. The van der Waals surface area contributed by atoms with Crippen LogP contribution in [0.4, 0.5) is 16.3 Å². The van der Waals surface area contributed by atoms with Crippen molar-refractivity contribution in [2.75, 3.05) is 19.4 Å². The standard InChI is InChI=1S/C20H16ClN5O4/c1-25(2)19(27)11-3-4-14(13(21)5-11)24-18-7-15-12(8-23-18)6-16(26(15)20(28)29)17-9-22-10-30-17/h3-10H,1-2H3,(H,23,24)(H,28,29). The minimum atomic E-state index is -1.17. The first-order chi connectivity index (χ1) is 14.3. The first-order valence-electron chi connectivity index (χ1n) is 8.77. The minimum absolute atomic E-state index is 0.165. The van der Waals surface area contributed by atoms with Gasteiger partial charge in [0.1, 0.15) is 5.82 Å². The van der Waals surface area contributed by atoms with E-state index in [0.29, 0.717) is 44.4 Å². The molecular weight excluding hydrogens is 410 g/mol. The lowest BCUT2D eigenvalue weighted by Gasteiger charge is -2.13. The van der Waals surface area contributed by atoms with E-state index in [1.54, 1.807) is 50.6 Å². The van der Waals surface area contributed by atoms with Gasteiger partial charge < -0.3 is 19.7 Å². The van der Waals surface area contributed by atoms with Gasteiger partial charge in [-0.25, -0.2) is 19.3 Å². The Morgan fingerprint density at radius 1 is 1.20 bits per heavy atom. The Hall–Kier alpha value is -3.85. The monoisotopic (exact) mass is 425 g/mol. The van der Waals surface area contributed by atoms with Crippen LogP contribution in [0.15, 0.2) is 53.5 Å². The van der Waals surface area contributed by atoms with Crippen molar-refractivity contribution in [1.29, 1.82) is 0 Å². The number of carbonyl (C=O) groups excluding carboxylic acids is 1. The molecule has 0 spiro atoms. The maximum atomic E-state index is 12.1. The van der Waals surface area contributed by atoms with Gasteiger partial charge in [-0.2, -0.15) is 0 Å². The third-order valence-corrected chi connectivity index (χ3v) is 4.76. The number of hydrogen-bond acceptors (Lipinski definition) is 6. The summed E-state index contributed by atoms with van der Waals surface area (Å²) < 4.78 is 6.35. The summed E-state index contributed by atoms with van der Waals surface area (Å²) in [4.78, 5) is 33.6. The van der Waals surface area contributed by atoms with Gasteiger partial charge in [0, 0.05) is 37.3 Å². The number of pyridine rings is 1. The summed E-state index contributed by atoms with van der Waals surface area (Å²) in [6, 6.07) is 8.14. The Morgan fingerprint density at radius 2 is 2.00 bits per heavy atom. The number of hydrogen-bond donors (Lipinski definition) is 2. The molecule has 4 rings (SSSR count). The van der Waals surface area contributed by atoms with Crippen molar-refractivity contribution in [3.8, 4) is 11.5 Å². The maximum Gasteiger partial charge on any atom is 0.416 e. The van der Waals surface area contributed by atoms with Crippen LogP contribution in [0.5, 0.6) is 0 Å². The number of aromatic nitrogens is 3. The van der Waals surface area contributed by atoms with Crippen LogP contribution >= 0.6 is 11.6 Å². The Morgan fingerprint density at radius 3 is 2.63 bits per heavy atom. The molecule has 0 bridgehead atoms. The molecule has 30 heavy (non-hydrogen) atoms. The van der Waals surface area contributed by atoms with Crippen LogP contribution in [-0.2, 0) is 0 Å². The van der Waals surface area contributed by atoms with Crippen molar-refractivity contribution >= 4 is 46.0 Å². The molecule has 0 saturated carbocycles. The van der Waals surface area contributed by atoms with Crippen LogP contribution < -0.4 is 5.32 Å². The lowest BCUT2D eigenvalue weighted by atomic mass is 10.2. The molecule has 1 amide bonds. The number of carbonyl (C=O) groups is 2. The highest BCUT2D eigenvalue weighted by Gasteiger charge is 2.19. The smallest absolute Gasteiger partial charge is 0.416 e. The van der Waals surface area contributed by atoms with Crippen molar-refractivity contribution in [3.05, 3.63) is 59.7 Å². The molecule has 3 aromatic heterocycles. The van der Waals surface area contributed by atoms with Gasteiger partial charge in [-0.05, 0) is 24.3 Å². The number of anilines is 2. The van der Waals surface area contributed by atoms with Crippen LogP contribution in [0, 0.1) is 0 Å². The summed E-state index contributed by atoms with van der Waals surface area (Å²) in [7, 11) is 3.32. The molecule has 10 heteroatoms. The van der Waals surface area contributed by atoms with Crippen molar-refractivity contribution in [1.82, 2.24) is 19.4 Å². The zero-order chi connectivity index (χ0) is 21.4. The summed E-state index contributed by atoms with van der Waals surface area (Å²) in [5.41, 5.74) is 1.75. The zero-order valence-corrected chi connectivity index (χ0v) is 16.7. The van der Waals surface area contributed by atoms with E-state index in [1.165, 1.54) is 17.5 Å². The fourth-order valence-corrected chi connectivity index (χ4v) is 3.27. The van der Waals surface area contributed by atoms with E-state index in [1.807, 2.05) is 0 Å². The fourth-order valence-electron chi connectivity index (χ4n) is 3.05. The Balaban J connectivity index is 1.72. The number of nitrogens with one attached hydrogen (secondary N) is 1. The average Bonchev–Trinajstić information content (AvgIpc) is 3.35. The molecule has 0 saturated heterocycles. The summed E-state index contributed by atoms with van der Waals surface area (Å²) in [5, 5.41) is 13.7. The predicted molar refractivity (Wildman–Crippen MR) is 111 cm³/mol. The van der Waals surface area contributed by atoms with E-state index in [-0.39, 0.29) is 5.91 Å². The van der Waals surface area contributed by atoms with Gasteiger partial charge >= 0.3 is 6.09 Å². The first-order valence-corrected chi connectivity index (χ1v) is 9.15. The second-order valence-corrected chi connectivity index (χ2v) is 7.07. The minimum Gasteiger partial charge on any atom is -0.464 e. The highest BCUT2D eigenvalue weighted by atomic mass is 35.5. The van der Waals surface area contributed by atoms with E-state index >= 15 is 0 Å². The van der Waals surface area contributed by atoms with E-state index in [2.05, 4.69) is 15.3 Å². The Labute approximate surface area is 175 Å². The third-order valence-electron chi connectivity index (χ3n) is 4.45. The Bertz CT molecular complexity index is 1260. The lowest BCUT2D eigenvalue weighted by Crippen LogP contribution is -2.21. The quantitative estimate of drug-likeness (QED) is 0.500. The normalized spacial score (nSPS) is 10.9. The molecule has 0 unspecified atom stereocenters. The molecule has 1 aromatic carbocycles. The van der Waals surface area contributed by atoms with Gasteiger partial charge in [0.25, 0.3) is 5.91 Å². The molecule has 0 aliphatic heterocycles. The van der Waals surface area contributed by atoms with Crippen molar-refractivity contribution in [2.24, 2.45) is 0 Å². The van der Waals surface area contributed by atoms with Gasteiger partial charge in [0.15, 0.2) is 12.2 Å². The van der Waals surface area contributed by atoms with Gasteiger partial charge in [-0.15, -0.1) is 0 Å². The van der Waals surface area contributed by atoms with Crippen LogP contribution in [-0.4, -0.2) is 50.6 Å². The summed E-state index contributed by atoms with van der Waals surface area (Å²) in [6.45, 7) is 0. The largest absolute Gasteiger partial charge is 0.464 e. The van der Waals surface area contributed by atoms with Crippen LogP contribution in [0.2, 0.25) is 5.02 Å². The van der Waals surface area contributed by atoms with Crippen LogP contribution in [0.1, 0.15) is 10.4 Å². The topological polar surface area (TPSA) is 113 Å². The molecule has 0 fully saturated rings. The number of halogens is 1. The van der Waals surface area contributed by atoms with E-state index in [4.69, 9.17) is 16.0 Å². The number of nitrogens with zero attached hydrogens (tertiary/aromatic N) is 4. The highest BCUT2D eigenvalue weighted by molar-refractivity contribution is 6.33. The number of benzene rings is 1. The van der Waals surface area contributed by atoms with Gasteiger partial charge in [-0.3, -0.25) is 4.79 Å². The first kappa shape index (κ1) is 19.5. The van der Waals surface area contributed by atoms with Gasteiger partial charge in [0.2, 0.25) is 0 Å². The molecule has 0 aliphatic carbocycles. The lowest BCUT2D eigenvalue weighted by molar-refractivity contribution is 0.0827. The van der Waals surface area contributed by atoms with E-state index < -0.39 is 6.09 Å². The zero-order valence-electron chi connectivity index (χ0n) is 16.0. The molecular formula is C20H16ClN5O4. The number of oxazole rings is 1. The second-order valence-electron chi connectivity index (χ2n) is 6.66. The van der Waals surface area contributed by atoms with Crippen LogP contribution in [0.3, 0.4) is 0 Å². The molecule has 3 heterocycles. The third kappa shape index (κ3) is 3.46. The maximum absolute atomic E-state index is 12.1. The summed E-state index contributed by atoms with van der Waals surface area (Å²) >= 11 is 6.32.